The van der Waals surface area contributed by atoms with Crippen LogP contribution >= 0.6 is 0 Å². The maximum atomic E-state index is 4.40. The van der Waals surface area contributed by atoms with Crippen molar-refractivity contribution in [3.05, 3.63) is 149 Å². The maximum absolute atomic E-state index is 4.40. The second-order valence-corrected chi connectivity index (χ2v) is 24.0. The predicted octanol–water partition coefficient (Wildman–Crippen LogP) is 17.2. The molecular weight excluding hydrogens is 917 g/mol. The number of nitrogens with one attached hydrogen (secondary N) is 1. The van der Waals surface area contributed by atoms with Crippen molar-refractivity contribution in [1.82, 2.24) is 15.3 Å². The van der Waals surface area contributed by atoms with Crippen LogP contribution in [0, 0.1) is 12.0 Å². The Labute approximate surface area is 464 Å². The molecule has 0 aliphatic carbocycles. The molecule has 0 aromatic carbocycles. The van der Waals surface area contributed by atoms with Gasteiger partial charge in [-0.15, -0.1) is 0 Å². The number of nitrogens with zero attached hydrogens (tertiary/aromatic N) is 7. The Morgan fingerprint density at radius 3 is 0.747 bits per heavy atom. The lowest BCUT2D eigenvalue weighted by molar-refractivity contribution is -0.768. The number of rotatable bonds is 12. The van der Waals surface area contributed by atoms with Crippen molar-refractivity contribution in [1.29, 1.82) is 0 Å². The highest BCUT2D eigenvalue weighted by molar-refractivity contribution is 5.19. The molecule has 75 heavy (non-hydrogen) atoms. The van der Waals surface area contributed by atoms with Crippen LogP contribution < -0.4 is 23.6 Å². The molecule has 0 unspecified atom stereocenters. The van der Waals surface area contributed by atoms with Gasteiger partial charge in [-0.05, 0) is 139 Å². The van der Waals surface area contributed by atoms with E-state index in [1.807, 2.05) is 12.4 Å². The van der Waals surface area contributed by atoms with Gasteiger partial charge in [-0.3, -0.25) is 9.97 Å². The zero-order chi connectivity index (χ0) is 58.1. The highest BCUT2D eigenvalue weighted by Crippen LogP contribution is 2.18. The highest BCUT2D eigenvalue weighted by Gasteiger charge is 2.12. The summed E-state index contributed by atoms with van der Waals surface area (Å²) in [7, 11) is 0. The van der Waals surface area contributed by atoms with Gasteiger partial charge in [0, 0.05) is 74.0 Å². The molecular formula is C67H117N8+5. The number of hydrogen-bond donors (Lipinski definition) is 1. The van der Waals surface area contributed by atoms with Crippen molar-refractivity contribution < 1.29 is 18.3 Å². The van der Waals surface area contributed by atoms with Gasteiger partial charge in [-0.1, -0.05) is 128 Å². The van der Waals surface area contributed by atoms with Crippen molar-refractivity contribution in [2.45, 2.75) is 272 Å². The molecule has 0 bridgehead atoms. The van der Waals surface area contributed by atoms with E-state index in [9.17, 15) is 0 Å². The van der Waals surface area contributed by atoms with E-state index in [0.29, 0.717) is 83.7 Å². The molecule has 0 aliphatic rings. The van der Waals surface area contributed by atoms with Crippen LogP contribution in [-0.2, 0) is 0 Å². The minimum Gasteiger partial charge on any atom is -0.312 e. The van der Waals surface area contributed by atoms with Crippen molar-refractivity contribution in [2.24, 2.45) is 5.92 Å². The third kappa shape index (κ3) is 35.2. The lowest BCUT2D eigenvalue weighted by Gasteiger charge is -2.10. The first-order valence-electron chi connectivity index (χ1n) is 28.9. The van der Waals surface area contributed by atoms with Crippen LogP contribution in [-0.4, -0.2) is 28.1 Å². The van der Waals surface area contributed by atoms with Gasteiger partial charge in [-0.2, -0.15) is 9.13 Å². The molecule has 0 fully saturated rings. The second kappa shape index (κ2) is 39.5. The number of pyridine rings is 4. The summed E-state index contributed by atoms with van der Waals surface area (Å²) < 4.78 is 8.82. The monoisotopic (exact) mass is 1030 g/mol. The molecule has 420 valence electrons. The fraction of sp³-hybridized carbons (Fsp3) is 0.627. The molecule has 0 radical (unpaired) electrons. The highest BCUT2D eigenvalue weighted by atomic mass is 15.0. The van der Waals surface area contributed by atoms with E-state index in [-0.39, 0.29) is 0 Å². The van der Waals surface area contributed by atoms with E-state index in [1.165, 1.54) is 33.6 Å². The average molecular weight is 1030 g/mol. The van der Waals surface area contributed by atoms with E-state index >= 15 is 0 Å². The van der Waals surface area contributed by atoms with Crippen molar-refractivity contribution in [3.63, 3.8) is 0 Å². The van der Waals surface area contributed by atoms with Gasteiger partial charge in [0.2, 0.25) is 24.8 Å². The summed E-state index contributed by atoms with van der Waals surface area (Å²) in [6.07, 6.45) is 21.0. The van der Waals surface area contributed by atoms with E-state index in [2.05, 4.69) is 336 Å². The zero-order valence-corrected chi connectivity index (χ0v) is 53.6. The lowest BCUT2D eigenvalue weighted by atomic mass is 10.0. The van der Waals surface area contributed by atoms with Crippen molar-refractivity contribution >= 4 is 0 Å². The molecule has 0 saturated carbocycles. The molecule has 5 heterocycles. The number of hydrogen-bond acceptors (Lipinski definition) is 3. The molecule has 0 aliphatic heterocycles. The molecule has 5 rings (SSSR count). The summed E-state index contributed by atoms with van der Waals surface area (Å²) in [5.74, 6) is 3.96. The molecule has 8 nitrogen and oxygen atoms in total. The average Bonchev–Trinajstić information content (AvgIpc) is 3.34. The molecule has 5 aromatic heterocycles. The summed E-state index contributed by atoms with van der Waals surface area (Å²) >= 11 is 0. The van der Waals surface area contributed by atoms with Gasteiger partial charge in [-0.25, -0.2) is 9.13 Å². The standard InChI is InChI=1S/2C11H18N.2C11H17N.C10H18N2.C7H14N.C6H15N/c2*1-9(2)11-5-7-12(8-6-11)10(3)4;2*1-8(2)10-5-6-11(9(3)4)12-7-10;1-9(2)11-5-7-12(8-6-11)10(3)4;1-6(2)5-8-7(3)4;1-5(2)7-6(3)4/h2*5-10H,1-4H3;2*5-9H,1-4H3;5-10H,1-4H3;6-7H,1-4H3;5-7H,1-4H3/q2*+1;;;+2;+1;. The van der Waals surface area contributed by atoms with Crippen molar-refractivity contribution in [2.75, 3.05) is 0 Å². The SMILES string of the molecule is CC(C)C#[N+]C(C)C.CC(C)NC(C)C.CC(C)[n+]1cc[n+](C(C)C)cc1.CC(C)c1cc[n+](C(C)C)cc1.CC(C)c1cc[n+](C(C)C)cc1.CC(C)c1ccc(C(C)C)nc1.CC(C)c1ccc(C(C)C)nc1. The van der Waals surface area contributed by atoms with Crippen LogP contribution in [0.3, 0.4) is 0 Å². The molecule has 8 heteroatoms. The Kier molecular flexibility index (Phi) is 38.0. The largest absolute Gasteiger partial charge is 0.312 e. The Hall–Kier alpha value is -4.87. The zero-order valence-electron chi connectivity index (χ0n) is 53.6. The normalized spacial score (nSPS) is 11.0. The van der Waals surface area contributed by atoms with E-state index in [4.69, 9.17) is 0 Å². The summed E-state index contributed by atoms with van der Waals surface area (Å²) in [6, 6.07) is 24.2. The third-order valence-electron chi connectivity index (χ3n) is 11.7. The Morgan fingerprint density at radius 2 is 0.600 bits per heavy atom. The Bertz CT molecular complexity index is 1710. The van der Waals surface area contributed by atoms with Gasteiger partial charge in [0.15, 0.2) is 49.0 Å². The minimum absolute atomic E-state index is 0.400. The van der Waals surface area contributed by atoms with E-state index < -0.39 is 0 Å². The fourth-order valence-corrected chi connectivity index (χ4v) is 6.62. The van der Waals surface area contributed by atoms with Gasteiger partial charge >= 0.3 is 0 Å². The summed E-state index contributed by atoms with van der Waals surface area (Å²) in [6.45, 7) is 60.6. The van der Waals surface area contributed by atoms with Gasteiger partial charge in [0.05, 0.1) is 5.92 Å². The molecule has 0 saturated heterocycles. The number of aromatic nitrogens is 6. The van der Waals surface area contributed by atoms with E-state index in [0.717, 1.165) is 0 Å². The van der Waals surface area contributed by atoms with Gasteiger partial charge < -0.3 is 5.32 Å². The van der Waals surface area contributed by atoms with Crippen LogP contribution in [0.2, 0.25) is 0 Å². The Morgan fingerprint density at radius 1 is 0.333 bits per heavy atom. The molecule has 1 N–H and O–H groups in total. The Balaban J connectivity index is 0. The summed E-state index contributed by atoms with van der Waals surface area (Å²) in [5.41, 5.74) is 7.82. The third-order valence-corrected chi connectivity index (χ3v) is 11.7. The molecule has 0 spiro atoms. The molecule has 0 amide bonds. The summed E-state index contributed by atoms with van der Waals surface area (Å²) in [4.78, 5) is 12.9. The predicted molar refractivity (Wildman–Crippen MR) is 325 cm³/mol. The van der Waals surface area contributed by atoms with E-state index in [1.54, 1.807) is 0 Å². The maximum Gasteiger partial charge on any atom is 0.276 e. The molecule has 5 aromatic rings. The minimum atomic E-state index is 0.400. The van der Waals surface area contributed by atoms with Crippen LogP contribution in [0.4, 0.5) is 0 Å². The van der Waals surface area contributed by atoms with Crippen LogP contribution in [0.1, 0.15) is 287 Å². The van der Waals surface area contributed by atoms with Crippen LogP contribution in [0.5, 0.6) is 0 Å². The quantitative estimate of drug-likeness (QED) is 0.127. The molecule has 0 atom stereocenters. The topological polar surface area (TPSA) is 57.7 Å². The van der Waals surface area contributed by atoms with Gasteiger partial charge in [0.1, 0.15) is 0 Å². The lowest BCUT2D eigenvalue weighted by Crippen LogP contribution is -2.43. The first kappa shape index (κ1) is 72.2. The second-order valence-electron chi connectivity index (χ2n) is 24.0. The smallest absolute Gasteiger partial charge is 0.276 e. The first-order chi connectivity index (χ1) is 34.8. The first-order valence-corrected chi connectivity index (χ1v) is 28.9. The van der Waals surface area contributed by atoms with Gasteiger partial charge in [0.25, 0.3) is 12.1 Å². The fourth-order valence-electron chi connectivity index (χ4n) is 6.62. The summed E-state index contributed by atoms with van der Waals surface area (Å²) in [5, 5.41) is 3.31. The van der Waals surface area contributed by atoms with Crippen LogP contribution in [0.15, 0.2) is 110 Å². The van der Waals surface area contributed by atoms with Crippen molar-refractivity contribution in [3.8, 4) is 6.07 Å². The van der Waals surface area contributed by atoms with Crippen LogP contribution in [0.25, 0.3) is 4.85 Å².